The summed E-state index contributed by atoms with van der Waals surface area (Å²) >= 11 is 0. The Kier molecular flexibility index (Phi) is 3.12. The Hall–Kier alpha value is -2.59. The first-order valence-corrected chi connectivity index (χ1v) is 5.32. The highest BCUT2D eigenvalue weighted by Crippen LogP contribution is 2.29. The summed E-state index contributed by atoms with van der Waals surface area (Å²) in [4.78, 5) is 25.7. The molecule has 18 heavy (non-hydrogen) atoms. The molecule has 6 heteroatoms. The van der Waals surface area contributed by atoms with E-state index in [1.54, 1.807) is 18.2 Å². The number of rotatable bonds is 3. The van der Waals surface area contributed by atoms with E-state index >= 15 is 0 Å². The molecule has 0 fully saturated rings. The summed E-state index contributed by atoms with van der Waals surface area (Å²) in [5.41, 5.74) is 10.6. The molecule has 6 nitrogen and oxygen atoms in total. The van der Waals surface area contributed by atoms with Gasteiger partial charge in [-0.25, -0.2) is 0 Å². The number of anilines is 1. The fourth-order valence-corrected chi connectivity index (χ4v) is 1.83. The Morgan fingerprint density at radius 2 is 2.22 bits per heavy atom. The molecular formula is C12H10N4O2. The van der Waals surface area contributed by atoms with Crippen LogP contribution in [0.1, 0.15) is 21.5 Å². The Labute approximate surface area is 103 Å². The number of Topliss-reactive ketones (excluding diaryl/α,β-unsaturated/α-hetero) is 1. The standard InChI is InChI=1S/C12H10N4O2/c1-7-4-5-9-10(11(17)12(18)15-9)8(7)3-2-6-14-16-13/h2-5H,6H2,1H3,(H,15,17,18). The van der Waals surface area contributed by atoms with Crippen LogP contribution in [0.4, 0.5) is 5.69 Å². The van der Waals surface area contributed by atoms with E-state index in [0.29, 0.717) is 16.8 Å². The molecule has 0 spiro atoms. The first-order chi connectivity index (χ1) is 8.65. The molecule has 1 aliphatic heterocycles. The number of azide groups is 1. The van der Waals surface area contributed by atoms with Gasteiger partial charge >= 0.3 is 0 Å². The van der Waals surface area contributed by atoms with Crippen LogP contribution in [0.25, 0.3) is 16.5 Å². The van der Waals surface area contributed by atoms with E-state index in [4.69, 9.17) is 5.53 Å². The van der Waals surface area contributed by atoms with Crippen molar-refractivity contribution < 1.29 is 9.59 Å². The van der Waals surface area contributed by atoms with Gasteiger partial charge in [-0.2, -0.15) is 0 Å². The van der Waals surface area contributed by atoms with E-state index in [-0.39, 0.29) is 6.54 Å². The third-order valence-electron chi connectivity index (χ3n) is 2.68. The van der Waals surface area contributed by atoms with Crippen molar-refractivity contribution in [3.63, 3.8) is 0 Å². The monoisotopic (exact) mass is 242 g/mol. The lowest BCUT2D eigenvalue weighted by molar-refractivity contribution is -0.112. The number of carbonyl (C=O) groups excluding carboxylic acids is 2. The number of amides is 1. The fourth-order valence-electron chi connectivity index (χ4n) is 1.83. The number of fused-ring (bicyclic) bond motifs is 1. The first-order valence-electron chi connectivity index (χ1n) is 5.32. The first kappa shape index (κ1) is 11.9. The van der Waals surface area contributed by atoms with E-state index in [2.05, 4.69) is 15.3 Å². The molecule has 0 unspecified atom stereocenters. The van der Waals surface area contributed by atoms with Crippen LogP contribution in [0.5, 0.6) is 0 Å². The average molecular weight is 242 g/mol. The lowest BCUT2D eigenvalue weighted by Crippen LogP contribution is -2.13. The lowest BCUT2D eigenvalue weighted by Gasteiger charge is -2.05. The molecule has 1 aromatic rings. The maximum absolute atomic E-state index is 11.7. The molecule has 0 aromatic heterocycles. The van der Waals surface area contributed by atoms with Crippen LogP contribution in [-0.4, -0.2) is 18.2 Å². The zero-order chi connectivity index (χ0) is 13.1. The SMILES string of the molecule is Cc1ccc2c(c1C=CCN=[N+]=[N-])C(=O)C(=O)N2. The Morgan fingerprint density at radius 1 is 1.44 bits per heavy atom. The van der Waals surface area contributed by atoms with Gasteiger partial charge in [-0.15, -0.1) is 0 Å². The van der Waals surface area contributed by atoms with Crippen LogP contribution in [0, 0.1) is 6.92 Å². The van der Waals surface area contributed by atoms with Gasteiger partial charge in [0.25, 0.3) is 11.7 Å². The van der Waals surface area contributed by atoms with Gasteiger partial charge in [0.05, 0.1) is 11.3 Å². The lowest BCUT2D eigenvalue weighted by atomic mass is 9.98. The number of nitrogens with one attached hydrogen (secondary N) is 1. The van der Waals surface area contributed by atoms with Crippen molar-refractivity contribution in [3.05, 3.63) is 45.3 Å². The summed E-state index contributed by atoms with van der Waals surface area (Å²) in [6.07, 6.45) is 3.35. The normalized spacial score (nSPS) is 13.4. The molecule has 1 aliphatic rings. The summed E-state index contributed by atoms with van der Waals surface area (Å²) in [7, 11) is 0. The third-order valence-corrected chi connectivity index (χ3v) is 2.68. The van der Waals surface area contributed by atoms with E-state index in [1.165, 1.54) is 0 Å². The zero-order valence-electron chi connectivity index (χ0n) is 9.67. The quantitative estimate of drug-likeness (QED) is 0.381. The van der Waals surface area contributed by atoms with Crippen LogP contribution in [0.2, 0.25) is 0 Å². The van der Waals surface area contributed by atoms with Crippen molar-refractivity contribution >= 4 is 23.5 Å². The highest BCUT2D eigenvalue weighted by molar-refractivity contribution is 6.52. The third kappa shape index (κ3) is 1.97. The van der Waals surface area contributed by atoms with Crippen LogP contribution in [0.3, 0.4) is 0 Å². The largest absolute Gasteiger partial charge is 0.318 e. The molecule has 1 aromatic carbocycles. The molecule has 0 bridgehead atoms. The van der Waals surface area contributed by atoms with E-state index in [0.717, 1.165) is 5.56 Å². The van der Waals surface area contributed by atoms with Gasteiger partial charge in [0.1, 0.15) is 0 Å². The Bertz CT molecular complexity index is 613. The van der Waals surface area contributed by atoms with Crippen molar-refractivity contribution in [1.29, 1.82) is 0 Å². The summed E-state index contributed by atoms with van der Waals surface area (Å²) in [5.74, 6) is -1.14. The van der Waals surface area contributed by atoms with Gasteiger partial charge in [-0.3, -0.25) is 9.59 Å². The molecule has 0 atom stereocenters. The minimum Gasteiger partial charge on any atom is -0.318 e. The predicted molar refractivity (Wildman–Crippen MR) is 67.2 cm³/mol. The Balaban J connectivity index is 2.45. The minimum absolute atomic E-state index is 0.204. The number of aryl methyl sites for hydroxylation is 1. The van der Waals surface area contributed by atoms with Crippen molar-refractivity contribution in [2.75, 3.05) is 11.9 Å². The number of nitrogens with zero attached hydrogens (tertiary/aromatic N) is 3. The van der Waals surface area contributed by atoms with Crippen LogP contribution < -0.4 is 5.32 Å². The fraction of sp³-hybridized carbons (Fsp3) is 0.167. The maximum Gasteiger partial charge on any atom is 0.296 e. The molecule has 1 heterocycles. The molecule has 0 saturated carbocycles. The van der Waals surface area contributed by atoms with Gasteiger partial charge in [-0.05, 0) is 29.6 Å². The maximum atomic E-state index is 11.7. The number of benzene rings is 1. The smallest absolute Gasteiger partial charge is 0.296 e. The van der Waals surface area contributed by atoms with Crippen molar-refractivity contribution in [3.8, 4) is 0 Å². The molecular weight excluding hydrogens is 232 g/mol. The van der Waals surface area contributed by atoms with Crippen LogP contribution in [-0.2, 0) is 4.79 Å². The van der Waals surface area contributed by atoms with Gasteiger partial charge in [0.15, 0.2) is 0 Å². The average Bonchev–Trinajstić information content (AvgIpc) is 2.64. The van der Waals surface area contributed by atoms with Gasteiger partial charge < -0.3 is 5.32 Å². The molecule has 0 saturated heterocycles. The number of hydrogen-bond donors (Lipinski definition) is 1. The van der Waals surface area contributed by atoms with E-state index in [1.807, 2.05) is 13.0 Å². The number of carbonyl (C=O) groups is 2. The molecule has 0 aliphatic carbocycles. The minimum atomic E-state index is -0.611. The summed E-state index contributed by atoms with van der Waals surface area (Å²) in [5, 5.41) is 5.88. The van der Waals surface area contributed by atoms with Crippen molar-refractivity contribution in [1.82, 2.24) is 0 Å². The highest BCUT2D eigenvalue weighted by Gasteiger charge is 2.30. The molecule has 90 valence electrons. The summed E-state index contributed by atoms with van der Waals surface area (Å²) in [6.45, 7) is 2.05. The van der Waals surface area contributed by atoms with Crippen molar-refractivity contribution in [2.24, 2.45) is 5.11 Å². The number of hydrogen-bond acceptors (Lipinski definition) is 3. The molecule has 1 amide bonds. The molecule has 0 radical (unpaired) electrons. The van der Waals surface area contributed by atoms with E-state index < -0.39 is 11.7 Å². The predicted octanol–water partition coefficient (Wildman–Crippen LogP) is 2.45. The second-order valence-electron chi connectivity index (χ2n) is 3.82. The summed E-state index contributed by atoms with van der Waals surface area (Å²) < 4.78 is 0. The second kappa shape index (κ2) is 4.73. The van der Waals surface area contributed by atoms with E-state index in [9.17, 15) is 9.59 Å². The molecule has 1 N–H and O–H groups in total. The Morgan fingerprint density at radius 3 is 2.94 bits per heavy atom. The zero-order valence-corrected chi connectivity index (χ0v) is 9.67. The second-order valence-corrected chi connectivity index (χ2v) is 3.82. The van der Waals surface area contributed by atoms with Gasteiger partial charge in [0.2, 0.25) is 0 Å². The number of ketones is 1. The van der Waals surface area contributed by atoms with Gasteiger partial charge in [-0.1, -0.05) is 23.3 Å². The summed E-state index contributed by atoms with van der Waals surface area (Å²) in [6, 6.07) is 3.53. The topological polar surface area (TPSA) is 94.9 Å². The van der Waals surface area contributed by atoms with Gasteiger partial charge in [0, 0.05) is 11.5 Å². The van der Waals surface area contributed by atoms with Crippen molar-refractivity contribution in [2.45, 2.75) is 6.92 Å². The van der Waals surface area contributed by atoms with Crippen LogP contribution in [0.15, 0.2) is 23.3 Å². The molecule has 2 rings (SSSR count). The highest BCUT2D eigenvalue weighted by atomic mass is 16.2. The van der Waals surface area contributed by atoms with Crippen LogP contribution >= 0.6 is 0 Å².